The number of hydrogen-bond donors (Lipinski definition) is 0. The number of aromatic nitrogens is 3. The van der Waals surface area contributed by atoms with E-state index in [9.17, 15) is 4.79 Å². The Bertz CT molecular complexity index is 579. The predicted octanol–water partition coefficient (Wildman–Crippen LogP) is 2.20. The molecule has 19 heavy (non-hydrogen) atoms. The lowest BCUT2D eigenvalue weighted by Crippen LogP contribution is -2.09. The van der Waals surface area contributed by atoms with Gasteiger partial charge in [-0.1, -0.05) is 0 Å². The highest BCUT2D eigenvalue weighted by Gasteiger charge is 2.12. The monoisotopic (exact) mass is 257 g/mol. The summed E-state index contributed by atoms with van der Waals surface area (Å²) in [5, 5.41) is 0. The summed E-state index contributed by atoms with van der Waals surface area (Å²) in [5.74, 6) is 0.357. The van der Waals surface area contributed by atoms with Gasteiger partial charge >= 0.3 is 0 Å². The van der Waals surface area contributed by atoms with Gasteiger partial charge in [0, 0.05) is 18.0 Å². The minimum atomic E-state index is -0.214. The first-order valence-corrected chi connectivity index (χ1v) is 6.01. The molecule has 98 valence electrons. The Labute approximate surface area is 111 Å². The van der Waals surface area contributed by atoms with Crippen LogP contribution in [0, 0.1) is 6.92 Å². The van der Waals surface area contributed by atoms with Crippen LogP contribution in [0.3, 0.4) is 0 Å². The Hall–Kier alpha value is -2.30. The van der Waals surface area contributed by atoms with Crippen molar-refractivity contribution in [2.75, 3.05) is 0 Å². The fourth-order valence-corrected chi connectivity index (χ4v) is 1.54. The number of hydrogen-bond acceptors (Lipinski definition) is 5. The first kappa shape index (κ1) is 13.1. The van der Waals surface area contributed by atoms with Crippen molar-refractivity contribution in [1.29, 1.82) is 0 Å². The maximum atomic E-state index is 12.2. The van der Waals surface area contributed by atoms with Crippen molar-refractivity contribution < 1.29 is 9.53 Å². The number of pyridine rings is 1. The molecule has 0 radical (unpaired) electrons. The first-order valence-electron chi connectivity index (χ1n) is 6.01. The molecule has 0 N–H and O–H groups in total. The molecule has 5 nitrogen and oxygen atoms in total. The number of ether oxygens (including phenoxy) is 1. The number of carbonyl (C=O) groups is 1. The summed E-state index contributed by atoms with van der Waals surface area (Å²) < 4.78 is 5.51. The molecule has 2 aromatic rings. The summed E-state index contributed by atoms with van der Waals surface area (Å²) in [6.45, 7) is 5.65. The summed E-state index contributed by atoms with van der Waals surface area (Å²) >= 11 is 0. The van der Waals surface area contributed by atoms with Crippen LogP contribution in [0.15, 0.2) is 30.9 Å². The second kappa shape index (κ2) is 5.56. The van der Waals surface area contributed by atoms with Gasteiger partial charge in [0.15, 0.2) is 0 Å². The Balaban J connectivity index is 2.26. The van der Waals surface area contributed by atoms with Gasteiger partial charge in [0.2, 0.25) is 5.78 Å². The van der Waals surface area contributed by atoms with Crippen molar-refractivity contribution >= 4 is 5.78 Å². The molecule has 2 heterocycles. The highest BCUT2D eigenvalue weighted by Crippen LogP contribution is 2.15. The fourth-order valence-electron chi connectivity index (χ4n) is 1.54. The number of carbonyl (C=O) groups excluding carboxylic acids is 1. The highest BCUT2D eigenvalue weighted by atomic mass is 16.5. The third-order valence-electron chi connectivity index (χ3n) is 2.36. The summed E-state index contributed by atoms with van der Waals surface area (Å²) in [5.41, 5.74) is 1.51. The van der Waals surface area contributed by atoms with Crippen molar-refractivity contribution in [2.45, 2.75) is 26.9 Å². The number of aryl methyl sites for hydroxylation is 1. The standard InChI is InChI=1S/C14H15N3O2/c1-9(2)19-12-4-11(6-15-7-12)14(18)13-8-16-10(3)5-17-13/h4-9H,1-3H3. The molecule has 0 aliphatic heterocycles. The maximum Gasteiger partial charge on any atom is 0.214 e. The molecule has 0 aliphatic carbocycles. The van der Waals surface area contributed by atoms with Crippen LogP contribution in [0.4, 0.5) is 0 Å². The van der Waals surface area contributed by atoms with E-state index in [1.807, 2.05) is 20.8 Å². The molecule has 0 spiro atoms. The SMILES string of the molecule is Cc1cnc(C(=O)c2cncc(OC(C)C)c2)cn1. The second-order valence-electron chi connectivity index (χ2n) is 4.45. The first-order chi connectivity index (χ1) is 9.06. The average molecular weight is 257 g/mol. The molecule has 2 rings (SSSR count). The molecule has 0 saturated heterocycles. The fraction of sp³-hybridized carbons (Fsp3) is 0.286. The summed E-state index contributed by atoms with van der Waals surface area (Å²) in [7, 11) is 0. The van der Waals surface area contributed by atoms with Crippen LogP contribution in [-0.2, 0) is 0 Å². The van der Waals surface area contributed by atoms with E-state index in [-0.39, 0.29) is 11.9 Å². The number of rotatable bonds is 4. The van der Waals surface area contributed by atoms with Gasteiger partial charge in [-0.25, -0.2) is 4.98 Å². The predicted molar refractivity (Wildman–Crippen MR) is 70.2 cm³/mol. The second-order valence-corrected chi connectivity index (χ2v) is 4.45. The summed E-state index contributed by atoms with van der Waals surface area (Å²) in [4.78, 5) is 24.3. The molecule has 0 saturated carbocycles. The minimum absolute atomic E-state index is 0.0336. The average Bonchev–Trinajstić information content (AvgIpc) is 2.38. The number of ketones is 1. The lowest BCUT2D eigenvalue weighted by Gasteiger charge is -2.09. The topological polar surface area (TPSA) is 65.0 Å². The van der Waals surface area contributed by atoms with Gasteiger partial charge in [0.05, 0.1) is 24.2 Å². The van der Waals surface area contributed by atoms with Crippen LogP contribution in [-0.4, -0.2) is 26.8 Å². The lowest BCUT2D eigenvalue weighted by atomic mass is 10.1. The van der Waals surface area contributed by atoms with E-state index in [2.05, 4.69) is 15.0 Å². The Morgan fingerprint density at radius 2 is 1.95 bits per heavy atom. The van der Waals surface area contributed by atoms with Crippen molar-refractivity contribution in [3.05, 3.63) is 47.8 Å². The molecule has 0 unspecified atom stereocenters. The van der Waals surface area contributed by atoms with E-state index in [1.165, 1.54) is 12.4 Å². The zero-order chi connectivity index (χ0) is 13.8. The largest absolute Gasteiger partial charge is 0.489 e. The van der Waals surface area contributed by atoms with E-state index >= 15 is 0 Å². The van der Waals surface area contributed by atoms with Crippen LogP contribution in [0.25, 0.3) is 0 Å². The maximum absolute atomic E-state index is 12.2. The van der Waals surface area contributed by atoms with Crippen molar-refractivity contribution in [1.82, 2.24) is 15.0 Å². The van der Waals surface area contributed by atoms with Crippen molar-refractivity contribution in [2.24, 2.45) is 0 Å². The smallest absolute Gasteiger partial charge is 0.214 e. The Morgan fingerprint density at radius 1 is 1.16 bits per heavy atom. The molecular weight excluding hydrogens is 242 g/mol. The van der Waals surface area contributed by atoms with Crippen LogP contribution in [0.1, 0.15) is 35.6 Å². The lowest BCUT2D eigenvalue weighted by molar-refractivity contribution is 0.103. The molecule has 2 aromatic heterocycles. The molecule has 0 bridgehead atoms. The zero-order valence-corrected chi connectivity index (χ0v) is 11.1. The summed E-state index contributed by atoms with van der Waals surface area (Å²) in [6, 6.07) is 1.66. The van der Waals surface area contributed by atoms with E-state index in [1.54, 1.807) is 18.5 Å². The van der Waals surface area contributed by atoms with Gasteiger partial charge in [-0.15, -0.1) is 0 Å². The zero-order valence-electron chi connectivity index (χ0n) is 11.1. The quantitative estimate of drug-likeness (QED) is 0.785. The van der Waals surface area contributed by atoms with E-state index in [4.69, 9.17) is 4.74 Å². The van der Waals surface area contributed by atoms with Crippen LogP contribution in [0.5, 0.6) is 5.75 Å². The molecule has 0 aromatic carbocycles. The van der Waals surface area contributed by atoms with E-state index in [0.29, 0.717) is 17.0 Å². The third kappa shape index (κ3) is 3.34. The van der Waals surface area contributed by atoms with Crippen LogP contribution >= 0.6 is 0 Å². The molecule has 0 amide bonds. The highest BCUT2D eigenvalue weighted by molar-refractivity contribution is 6.07. The minimum Gasteiger partial charge on any atom is -0.489 e. The normalized spacial score (nSPS) is 10.5. The molecule has 5 heteroatoms. The molecular formula is C14H15N3O2. The van der Waals surface area contributed by atoms with Gasteiger partial charge in [-0.2, -0.15) is 0 Å². The van der Waals surface area contributed by atoms with Crippen LogP contribution < -0.4 is 4.74 Å². The van der Waals surface area contributed by atoms with Gasteiger partial charge < -0.3 is 4.74 Å². The third-order valence-corrected chi connectivity index (χ3v) is 2.36. The Morgan fingerprint density at radius 3 is 2.58 bits per heavy atom. The molecule has 0 atom stereocenters. The van der Waals surface area contributed by atoms with E-state index in [0.717, 1.165) is 5.69 Å². The number of nitrogens with zero attached hydrogens (tertiary/aromatic N) is 3. The molecule has 0 fully saturated rings. The van der Waals surface area contributed by atoms with Crippen LogP contribution in [0.2, 0.25) is 0 Å². The molecule has 0 aliphatic rings. The van der Waals surface area contributed by atoms with Crippen molar-refractivity contribution in [3.8, 4) is 5.75 Å². The van der Waals surface area contributed by atoms with Gasteiger partial charge in [0.1, 0.15) is 11.4 Å². The van der Waals surface area contributed by atoms with Gasteiger partial charge in [0.25, 0.3) is 0 Å². The summed E-state index contributed by atoms with van der Waals surface area (Å²) in [6.07, 6.45) is 6.14. The van der Waals surface area contributed by atoms with E-state index < -0.39 is 0 Å². The Kier molecular flexibility index (Phi) is 3.85. The van der Waals surface area contributed by atoms with Gasteiger partial charge in [-0.3, -0.25) is 14.8 Å². The van der Waals surface area contributed by atoms with Crippen molar-refractivity contribution in [3.63, 3.8) is 0 Å². The van der Waals surface area contributed by atoms with Gasteiger partial charge in [-0.05, 0) is 26.8 Å².